The third-order valence-electron chi connectivity index (χ3n) is 5.34. The van der Waals surface area contributed by atoms with Crippen LogP contribution in [-0.4, -0.2) is 18.8 Å². The second-order valence-corrected chi connectivity index (χ2v) is 19.1. The van der Waals surface area contributed by atoms with E-state index in [0.29, 0.717) is 6.10 Å². The van der Waals surface area contributed by atoms with E-state index in [4.69, 9.17) is 3.07 Å². The van der Waals surface area contributed by atoms with Gasteiger partial charge in [-0.15, -0.1) is 0 Å². The Hall–Kier alpha value is -0.281. The van der Waals surface area contributed by atoms with Crippen molar-refractivity contribution in [1.82, 2.24) is 0 Å². The molecular formula is C22H36OSn. The Morgan fingerprint density at radius 1 is 0.917 bits per heavy atom. The molecule has 0 saturated carbocycles. The Morgan fingerprint density at radius 2 is 1.50 bits per heavy atom. The molecule has 1 aromatic carbocycles. The van der Waals surface area contributed by atoms with Gasteiger partial charge < -0.3 is 0 Å². The van der Waals surface area contributed by atoms with E-state index in [2.05, 4.69) is 57.2 Å². The summed E-state index contributed by atoms with van der Waals surface area (Å²) in [4.78, 5) is 0. The van der Waals surface area contributed by atoms with Gasteiger partial charge in [0.1, 0.15) is 0 Å². The average Bonchev–Trinajstić information content (AvgIpc) is 2.63. The molecule has 1 aliphatic carbocycles. The summed E-state index contributed by atoms with van der Waals surface area (Å²) in [5.74, 6) is 0. The molecule has 0 spiro atoms. The molecule has 1 aromatic rings. The van der Waals surface area contributed by atoms with Gasteiger partial charge in [-0.25, -0.2) is 0 Å². The van der Waals surface area contributed by atoms with Gasteiger partial charge in [0.25, 0.3) is 0 Å². The Morgan fingerprint density at radius 3 is 2.08 bits per heavy atom. The molecule has 2 rings (SSSR count). The van der Waals surface area contributed by atoms with Crippen molar-refractivity contribution in [3.63, 3.8) is 0 Å². The van der Waals surface area contributed by atoms with Gasteiger partial charge in [-0.05, 0) is 0 Å². The number of fused-ring (bicyclic) bond motifs is 1. The van der Waals surface area contributed by atoms with Crippen LogP contribution in [0.4, 0.5) is 0 Å². The van der Waals surface area contributed by atoms with Crippen molar-refractivity contribution in [3.8, 4) is 0 Å². The van der Waals surface area contributed by atoms with Crippen LogP contribution in [-0.2, 0) is 3.07 Å². The molecule has 0 amide bonds. The van der Waals surface area contributed by atoms with Crippen LogP contribution in [0.25, 0.3) is 6.08 Å². The van der Waals surface area contributed by atoms with Crippen LogP contribution in [0, 0.1) is 0 Å². The van der Waals surface area contributed by atoms with E-state index >= 15 is 0 Å². The fraction of sp³-hybridized carbons (Fsp3) is 0.636. The molecule has 0 saturated heterocycles. The van der Waals surface area contributed by atoms with Crippen LogP contribution < -0.4 is 0 Å². The van der Waals surface area contributed by atoms with Crippen molar-refractivity contribution in [3.05, 3.63) is 41.5 Å². The standard InChI is InChI=1S/C10H9O.3C4H9.Sn/c11-10-7-3-5-8-4-1-2-6-9(8)10;3*1-3-4-2;/h1-6,10H,7H2;3*1,3-4H2,2H3;/q-1;;;;+1. The van der Waals surface area contributed by atoms with Gasteiger partial charge in [0.05, 0.1) is 0 Å². The van der Waals surface area contributed by atoms with Crippen LogP contribution in [0.2, 0.25) is 13.3 Å². The summed E-state index contributed by atoms with van der Waals surface area (Å²) >= 11 is -2.53. The second kappa shape index (κ2) is 10.7. The zero-order chi connectivity index (χ0) is 17.3. The van der Waals surface area contributed by atoms with Gasteiger partial charge in [0.15, 0.2) is 0 Å². The van der Waals surface area contributed by atoms with Crippen LogP contribution in [0.15, 0.2) is 30.3 Å². The summed E-state index contributed by atoms with van der Waals surface area (Å²) in [6, 6.07) is 8.85. The zero-order valence-corrected chi connectivity index (χ0v) is 18.9. The van der Waals surface area contributed by atoms with Gasteiger partial charge in [-0.3, -0.25) is 0 Å². The van der Waals surface area contributed by atoms with Crippen LogP contribution in [0.5, 0.6) is 0 Å². The molecule has 24 heavy (non-hydrogen) atoms. The quantitative estimate of drug-likeness (QED) is 0.327. The van der Waals surface area contributed by atoms with E-state index in [1.165, 1.54) is 63.0 Å². The molecule has 0 radical (unpaired) electrons. The third kappa shape index (κ3) is 5.62. The van der Waals surface area contributed by atoms with Crippen molar-refractivity contribution in [2.24, 2.45) is 0 Å². The van der Waals surface area contributed by atoms with Gasteiger partial charge in [0, 0.05) is 0 Å². The minimum atomic E-state index is -2.53. The molecule has 1 aliphatic rings. The normalized spacial score (nSPS) is 17.0. The molecule has 2 heteroatoms. The topological polar surface area (TPSA) is 9.23 Å². The molecule has 0 bridgehead atoms. The fourth-order valence-corrected chi connectivity index (χ4v) is 17.9. The Kier molecular flexibility index (Phi) is 8.89. The van der Waals surface area contributed by atoms with E-state index in [-0.39, 0.29) is 0 Å². The first-order chi connectivity index (χ1) is 11.7. The second-order valence-electron chi connectivity index (χ2n) is 7.37. The first-order valence-corrected chi connectivity index (χ1v) is 17.4. The van der Waals surface area contributed by atoms with Gasteiger partial charge in [-0.1, -0.05) is 0 Å². The SMILES string of the molecule is CCC[CH2][Sn]([CH2]CCC)([CH2]CCC)[O]C1CC=Cc2ccccc21. The van der Waals surface area contributed by atoms with E-state index in [1.54, 1.807) is 0 Å². The summed E-state index contributed by atoms with van der Waals surface area (Å²) in [7, 11) is 0. The average molecular weight is 435 g/mol. The van der Waals surface area contributed by atoms with E-state index in [9.17, 15) is 0 Å². The molecule has 134 valence electrons. The van der Waals surface area contributed by atoms with Crippen LogP contribution in [0.3, 0.4) is 0 Å². The Bertz CT molecular complexity index is 487. The third-order valence-corrected chi connectivity index (χ3v) is 18.4. The van der Waals surface area contributed by atoms with Crippen LogP contribution >= 0.6 is 0 Å². The number of hydrogen-bond donors (Lipinski definition) is 0. The molecular weight excluding hydrogens is 399 g/mol. The molecule has 0 heterocycles. The summed E-state index contributed by atoms with van der Waals surface area (Å²) < 4.78 is 11.4. The number of unbranched alkanes of at least 4 members (excludes halogenated alkanes) is 3. The first-order valence-electron chi connectivity index (χ1n) is 10.2. The Labute approximate surface area is 154 Å². The maximum atomic E-state index is 7.17. The number of benzene rings is 1. The number of hydrogen-bond acceptors (Lipinski definition) is 1. The molecule has 0 aliphatic heterocycles. The van der Waals surface area contributed by atoms with Crippen molar-refractivity contribution in [1.29, 1.82) is 0 Å². The van der Waals surface area contributed by atoms with Crippen molar-refractivity contribution < 1.29 is 3.07 Å². The predicted molar refractivity (Wildman–Crippen MR) is 109 cm³/mol. The van der Waals surface area contributed by atoms with Crippen molar-refractivity contribution >= 4 is 24.9 Å². The summed E-state index contributed by atoms with van der Waals surface area (Å²) in [6.45, 7) is 6.98. The monoisotopic (exact) mass is 436 g/mol. The van der Waals surface area contributed by atoms with E-state index < -0.39 is 18.8 Å². The van der Waals surface area contributed by atoms with E-state index in [1.807, 2.05) is 0 Å². The minimum absolute atomic E-state index is 0.326. The molecule has 1 unspecified atom stereocenters. The van der Waals surface area contributed by atoms with Crippen LogP contribution in [0.1, 0.15) is 82.9 Å². The van der Waals surface area contributed by atoms with Crippen molar-refractivity contribution in [2.45, 2.75) is 85.1 Å². The fourth-order valence-electron chi connectivity index (χ4n) is 3.86. The molecule has 0 aromatic heterocycles. The van der Waals surface area contributed by atoms with Gasteiger partial charge >= 0.3 is 155 Å². The summed E-state index contributed by atoms with van der Waals surface area (Å²) in [5, 5.41) is 0. The molecule has 0 N–H and O–H groups in total. The van der Waals surface area contributed by atoms with Crippen molar-refractivity contribution in [2.75, 3.05) is 0 Å². The first kappa shape index (κ1) is 20.0. The van der Waals surface area contributed by atoms with Gasteiger partial charge in [-0.2, -0.15) is 0 Å². The summed E-state index contributed by atoms with van der Waals surface area (Å²) in [6.07, 6.45) is 14.0. The zero-order valence-electron chi connectivity index (χ0n) is 16.0. The molecule has 0 fully saturated rings. The maximum absolute atomic E-state index is 7.17. The van der Waals surface area contributed by atoms with E-state index in [0.717, 1.165) is 6.42 Å². The number of rotatable bonds is 11. The summed E-state index contributed by atoms with van der Waals surface area (Å²) in [5.41, 5.74) is 2.81. The van der Waals surface area contributed by atoms with Gasteiger partial charge in [0.2, 0.25) is 0 Å². The molecule has 1 atom stereocenters. The molecule has 1 nitrogen and oxygen atoms in total. The Balaban J connectivity index is 2.20. The predicted octanol–water partition coefficient (Wildman–Crippen LogP) is 7.51.